The van der Waals surface area contributed by atoms with Crippen LogP contribution in [0.3, 0.4) is 0 Å². The summed E-state index contributed by atoms with van der Waals surface area (Å²) in [4.78, 5) is 3.36. The van der Waals surface area contributed by atoms with Crippen molar-refractivity contribution in [2.45, 2.75) is 26.4 Å². The van der Waals surface area contributed by atoms with Crippen molar-refractivity contribution in [1.82, 2.24) is 14.9 Å². The molecule has 0 aliphatic rings. The number of benzene rings is 3. The van der Waals surface area contributed by atoms with E-state index in [1.54, 1.807) is 0 Å². The third-order valence-electron chi connectivity index (χ3n) is 6.25. The quantitative estimate of drug-likeness (QED) is 0.248. The first-order valence-electron chi connectivity index (χ1n) is 10.9. The molecule has 0 fully saturated rings. The Morgan fingerprint density at radius 2 is 1.69 bits per heavy atom. The van der Waals surface area contributed by atoms with E-state index >= 15 is 0 Å². The lowest BCUT2D eigenvalue weighted by molar-refractivity contribution is 0.682. The number of fused-ring (bicyclic) bond motifs is 2. The highest BCUT2D eigenvalue weighted by molar-refractivity contribution is 6.35. The number of hydrogen-bond acceptors (Lipinski definition) is 1. The minimum Gasteiger partial charge on any atom is -0.361 e. The molecule has 2 N–H and O–H groups in total. The Hall–Kier alpha value is -2.72. The molecule has 0 amide bonds. The summed E-state index contributed by atoms with van der Waals surface area (Å²) < 4.78 is 2.35. The van der Waals surface area contributed by atoms with Gasteiger partial charge in [0.2, 0.25) is 0 Å². The lowest BCUT2D eigenvalue weighted by atomic mass is 10.1. The van der Waals surface area contributed by atoms with E-state index < -0.39 is 0 Å². The fourth-order valence-corrected chi connectivity index (χ4v) is 4.99. The second kappa shape index (κ2) is 9.03. The van der Waals surface area contributed by atoms with E-state index in [1.165, 1.54) is 38.6 Å². The van der Waals surface area contributed by atoms with Gasteiger partial charge in [0.1, 0.15) is 0 Å². The fourth-order valence-electron chi connectivity index (χ4n) is 4.52. The summed E-state index contributed by atoms with van der Waals surface area (Å²) >= 11 is 12.6. The molecule has 3 nitrogen and oxygen atoms in total. The van der Waals surface area contributed by atoms with E-state index in [4.69, 9.17) is 23.2 Å². The summed E-state index contributed by atoms with van der Waals surface area (Å²) in [5.74, 6) is 0. The van der Waals surface area contributed by atoms with Crippen LogP contribution in [0, 0.1) is 6.92 Å². The van der Waals surface area contributed by atoms with Crippen LogP contribution in [0.5, 0.6) is 0 Å². The zero-order chi connectivity index (χ0) is 22.1. The number of halogens is 2. The fraction of sp³-hybridized carbons (Fsp3) is 0.185. The van der Waals surface area contributed by atoms with Gasteiger partial charge in [0.25, 0.3) is 0 Å². The molecule has 0 saturated heterocycles. The minimum absolute atomic E-state index is 0.660. The lowest BCUT2D eigenvalue weighted by Crippen LogP contribution is -2.17. The van der Waals surface area contributed by atoms with Crippen LogP contribution in [0.25, 0.3) is 21.8 Å². The molecule has 32 heavy (non-hydrogen) atoms. The Bertz CT molecular complexity index is 1400. The van der Waals surface area contributed by atoms with Crippen LogP contribution in [0.4, 0.5) is 0 Å². The third kappa shape index (κ3) is 4.04. The van der Waals surface area contributed by atoms with E-state index in [-0.39, 0.29) is 0 Å². The van der Waals surface area contributed by atoms with Crippen LogP contribution in [-0.2, 0) is 19.5 Å². The van der Waals surface area contributed by atoms with E-state index in [2.05, 4.69) is 76.5 Å². The predicted molar refractivity (Wildman–Crippen MR) is 136 cm³/mol. The first-order chi connectivity index (χ1) is 15.6. The standard InChI is InChI=1S/C27H25Cl2N3/c1-18-24(16-30-13-12-19-15-31-26-8-4-2-6-22(19)26)23-7-3-5-9-27(23)32(18)17-20-10-11-21(28)14-25(20)29/h2-11,14-15,30-31H,12-13,16-17H2,1H3. The Balaban J connectivity index is 1.35. The van der Waals surface area contributed by atoms with Crippen molar-refractivity contribution in [2.24, 2.45) is 0 Å². The summed E-state index contributed by atoms with van der Waals surface area (Å²) in [6.07, 6.45) is 3.11. The highest BCUT2D eigenvalue weighted by Gasteiger charge is 2.15. The van der Waals surface area contributed by atoms with Gasteiger partial charge in [0.05, 0.1) is 0 Å². The summed E-state index contributed by atoms with van der Waals surface area (Å²) in [6, 6.07) is 22.8. The molecule has 0 aliphatic heterocycles. The highest BCUT2D eigenvalue weighted by atomic mass is 35.5. The Labute approximate surface area is 198 Å². The predicted octanol–water partition coefficient (Wildman–Crippen LogP) is 7.12. The second-order valence-electron chi connectivity index (χ2n) is 8.19. The molecule has 2 heterocycles. The topological polar surface area (TPSA) is 32.8 Å². The smallest absolute Gasteiger partial charge is 0.0493 e. The van der Waals surface area contributed by atoms with Crippen molar-refractivity contribution >= 4 is 45.0 Å². The number of rotatable bonds is 7. The van der Waals surface area contributed by atoms with Gasteiger partial charge in [-0.15, -0.1) is 0 Å². The van der Waals surface area contributed by atoms with Crippen LogP contribution < -0.4 is 5.32 Å². The molecular weight excluding hydrogens is 437 g/mol. The largest absolute Gasteiger partial charge is 0.361 e. The number of nitrogens with one attached hydrogen (secondary N) is 2. The molecular formula is C27H25Cl2N3. The molecule has 0 atom stereocenters. The molecule has 0 bridgehead atoms. The Kier molecular flexibility index (Phi) is 5.97. The lowest BCUT2D eigenvalue weighted by Gasteiger charge is -2.11. The third-order valence-corrected chi connectivity index (χ3v) is 6.84. The van der Waals surface area contributed by atoms with Gasteiger partial charge in [-0.3, -0.25) is 0 Å². The number of hydrogen-bond donors (Lipinski definition) is 2. The van der Waals surface area contributed by atoms with Gasteiger partial charge in [-0.1, -0.05) is 65.7 Å². The number of aromatic nitrogens is 2. The van der Waals surface area contributed by atoms with Gasteiger partial charge < -0.3 is 14.9 Å². The Morgan fingerprint density at radius 3 is 2.53 bits per heavy atom. The zero-order valence-corrected chi connectivity index (χ0v) is 19.5. The van der Waals surface area contributed by atoms with E-state index in [9.17, 15) is 0 Å². The second-order valence-corrected chi connectivity index (χ2v) is 9.03. The molecule has 2 aromatic heterocycles. The highest BCUT2D eigenvalue weighted by Crippen LogP contribution is 2.29. The minimum atomic E-state index is 0.660. The molecule has 3 aromatic carbocycles. The van der Waals surface area contributed by atoms with E-state index in [0.29, 0.717) is 10.0 Å². The molecule has 0 saturated carbocycles. The molecule has 162 valence electrons. The van der Waals surface area contributed by atoms with E-state index in [1.807, 2.05) is 18.2 Å². The summed E-state index contributed by atoms with van der Waals surface area (Å²) in [7, 11) is 0. The van der Waals surface area contributed by atoms with Gasteiger partial charge in [-0.25, -0.2) is 0 Å². The molecule has 0 spiro atoms. The molecule has 0 radical (unpaired) electrons. The maximum absolute atomic E-state index is 6.47. The van der Waals surface area contributed by atoms with Crippen molar-refractivity contribution in [3.8, 4) is 0 Å². The van der Waals surface area contributed by atoms with Gasteiger partial charge in [-0.2, -0.15) is 0 Å². The van der Waals surface area contributed by atoms with Crippen LogP contribution in [-0.4, -0.2) is 16.1 Å². The van der Waals surface area contributed by atoms with Gasteiger partial charge in [0, 0.05) is 56.8 Å². The average Bonchev–Trinajstić information content (AvgIpc) is 3.32. The maximum Gasteiger partial charge on any atom is 0.0493 e. The maximum atomic E-state index is 6.47. The van der Waals surface area contributed by atoms with Crippen molar-refractivity contribution in [2.75, 3.05) is 6.54 Å². The summed E-state index contributed by atoms with van der Waals surface area (Å²) in [5, 5.41) is 7.62. The SMILES string of the molecule is Cc1c(CNCCc2c[nH]c3ccccc23)c2ccccc2n1Cc1ccc(Cl)cc1Cl. The normalized spacial score (nSPS) is 11.6. The first-order valence-corrected chi connectivity index (χ1v) is 11.6. The Morgan fingerprint density at radius 1 is 0.906 bits per heavy atom. The number of H-pyrrole nitrogens is 1. The van der Waals surface area contributed by atoms with Crippen molar-refractivity contribution < 1.29 is 0 Å². The van der Waals surface area contributed by atoms with Gasteiger partial charge in [-0.05, 0) is 60.8 Å². The molecule has 5 rings (SSSR count). The van der Waals surface area contributed by atoms with E-state index in [0.717, 1.165) is 31.6 Å². The number of para-hydroxylation sites is 2. The van der Waals surface area contributed by atoms with Gasteiger partial charge >= 0.3 is 0 Å². The van der Waals surface area contributed by atoms with Crippen LogP contribution in [0.1, 0.15) is 22.4 Å². The van der Waals surface area contributed by atoms with Crippen molar-refractivity contribution in [3.05, 3.63) is 105 Å². The molecule has 0 aliphatic carbocycles. The molecule has 5 heteroatoms. The zero-order valence-electron chi connectivity index (χ0n) is 18.0. The number of aromatic amines is 1. The first kappa shape index (κ1) is 21.1. The number of nitrogens with zero attached hydrogens (tertiary/aromatic N) is 1. The van der Waals surface area contributed by atoms with Crippen LogP contribution in [0.15, 0.2) is 72.9 Å². The van der Waals surface area contributed by atoms with Gasteiger partial charge in [0.15, 0.2) is 0 Å². The monoisotopic (exact) mass is 461 g/mol. The summed E-state index contributed by atoms with van der Waals surface area (Å²) in [6.45, 7) is 4.66. The average molecular weight is 462 g/mol. The van der Waals surface area contributed by atoms with Crippen molar-refractivity contribution in [3.63, 3.8) is 0 Å². The summed E-state index contributed by atoms with van der Waals surface area (Å²) in [5.41, 5.74) is 7.44. The van der Waals surface area contributed by atoms with Crippen LogP contribution in [0.2, 0.25) is 10.0 Å². The van der Waals surface area contributed by atoms with Crippen molar-refractivity contribution in [1.29, 1.82) is 0 Å². The molecule has 5 aromatic rings. The van der Waals surface area contributed by atoms with Crippen LogP contribution >= 0.6 is 23.2 Å². The molecule has 0 unspecified atom stereocenters.